The molecule has 0 aliphatic heterocycles. The number of nitrogens with two attached hydrogens (primary N) is 1. The van der Waals surface area contributed by atoms with E-state index in [4.69, 9.17) is 22.7 Å². The van der Waals surface area contributed by atoms with Gasteiger partial charge < -0.3 is 15.0 Å². The Bertz CT molecular complexity index is 810. The molecule has 1 amide bonds. The van der Waals surface area contributed by atoms with E-state index in [0.29, 0.717) is 23.8 Å². The lowest BCUT2D eigenvalue weighted by molar-refractivity contribution is -0.118. The molecule has 2 rings (SSSR count). The third-order valence-corrected chi connectivity index (χ3v) is 4.56. The first-order chi connectivity index (χ1) is 12.8. The Kier molecular flexibility index (Phi) is 7.55. The number of benzene rings is 1. The SMILES string of the molecule is COc1ccc(CN(C)Cn2nc(CCC(N)=O)n(CC(C)C)c2=S)cc1. The molecular weight excluding hydrogens is 362 g/mol. The number of rotatable bonds is 10. The second-order valence-electron chi connectivity index (χ2n) is 7.17. The molecule has 0 aliphatic rings. The van der Waals surface area contributed by atoms with Crippen LogP contribution in [0.2, 0.25) is 0 Å². The zero-order chi connectivity index (χ0) is 20.0. The predicted molar refractivity (Wildman–Crippen MR) is 108 cm³/mol. The highest BCUT2D eigenvalue weighted by Crippen LogP contribution is 2.14. The largest absolute Gasteiger partial charge is 0.497 e. The van der Waals surface area contributed by atoms with E-state index in [9.17, 15) is 4.79 Å². The molecular formula is C19H29N5O2S. The van der Waals surface area contributed by atoms with Crippen molar-refractivity contribution >= 4 is 18.1 Å². The summed E-state index contributed by atoms with van der Waals surface area (Å²) >= 11 is 5.63. The van der Waals surface area contributed by atoms with Gasteiger partial charge in [-0.2, -0.15) is 5.10 Å². The van der Waals surface area contributed by atoms with Crippen LogP contribution in [0.5, 0.6) is 5.75 Å². The fourth-order valence-corrected chi connectivity index (χ4v) is 3.15. The molecule has 0 bridgehead atoms. The van der Waals surface area contributed by atoms with Crippen LogP contribution < -0.4 is 10.5 Å². The van der Waals surface area contributed by atoms with Gasteiger partial charge in [-0.15, -0.1) is 0 Å². The van der Waals surface area contributed by atoms with Gasteiger partial charge in [0.25, 0.3) is 0 Å². The fraction of sp³-hybridized carbons (Fsp3) is 0.526. The molecule has 0 saturated carbocycles. The average Bonchev–Trinajstić information content (AvgIpc) is 2.89. The van der Waals surface area contributed by atoms with Crippen LogP contribution in [0.4, 0.5) is 0 Å². The molecule has 1 aromatic carbocycles. The summed E-state index contributed by atoms with van der Waals surface area (Å²) in [5, 5.41) is 4.65. The van der Waals surface area contributed by atoms with E-state index in [-0.39, 0.29) is 12.3 Å². The van der Waals surface area contributed by atoms with Crippen LogP contribution >= 0.6 is 12.2 Å². The van der Waals surface area contributed by atoms with E-state index in [2.05, 4.69) is 23.8 Å². The first-order valence-electron chi connectivity index (χ1n) is 9.06. The molecule has 0 saturated heterocycles. The summed E-state index contributed by atoms with van der Waals surface area (Å²) in [6.45, 7) is 6.37. The van der Waals surface area contributed by atoms with Crippen LogP contribution in [-0.2, 0) is 31.0 Å². The van der Waals surface area contributed by atoms with Crippen LogP contribution in [0.3, 0.4) is 0 Å². The van der Waals surface area contributed by atoms with Gasteiger partial charge in [0.1, 0.15) is 11.6 Å². The maximum Gasteiger partial charge on any atom is 0.217 e. The van der Waals surface area contributed by atoms with Crippen molar-refractivity contribution in [2.45, 2.75) is 46.4 Å². The number of hydrogen-bond donors (Lipinski definition) is 1. The number of ether oxygens (including phenoxy) is 1. The Labute approximate surface area is 165 Å². The highest BCUT2D eigenvalue weighted by molar-refractivity contribution is 7.71. The first-order valence-corrected chi connectivity index (χ1v) is 9.47. The van der Waals surface area contributed by atoms with Gasteiger partial charge in [-0.25, -0.2) is 4.68 Å². The summed E-state index contributed by atoms with van der Waals surface area (Å²) in [5.41, 5.74) is 6.48. The molecule has 0 spiro atoms. The molecule has 27 heavy (non-hydrogen) atoms. The fourth-order valence-electron chi connectivity index (χ4n) is 2.87. The molecule has 2 aromatic rings. The first kappa shape index (κ1) is 21.1. The summed E-state index contributed by atoms with van der Waals surface area (Å²) < 4.78 is 9.70. The molecule has 2 N–H and O–H groups in total. The minimum absolute atomic E-state index is 0.269. The standard InChI is InChI=1S/C19H29N5O2S/c1-14(2)11-23-18(10-9-17(20)25)21-24(19(23)27)13-22(3)12-15-5-7-16(26-4)8-6-15/h5-8,14H,9-13H2,1-4H3,(H2,20,25). The van der Waals surface area contributed by atoms with Gasteiger partial charge >= 0.3 is 0 Å². The Balaban J connectivity index is 2.13. The molecule has 0 aliphatic carbocycles. The Morgan fingerprint density at radius 2 is 2.00 bits per heavy atom. The summed E-state index contributed by atoms with van der Waals surface area (Å²) in [4.78, 5) is 13.3. The number of primary amides is 1. The molecule has 148 valence electrons. The number of carbonyl (C=O) groups is 1. The van der Waals surface area contributed by atoms with Crippen LogP contribution in [0, 0.1) is 10.7 Å². The molecule has 0 fully saturated rings. The number of nitrogens with zero attached hydrogens (tertiary/aromatic N) is 4. The van der Waals surface area contributed by atoms with E-state index in [1.165, 1.54) is 5.56 Å². The second-order valence-corrected chi connectivity index (χ2v) is 7.54. The van der Waals surface area contributed by atoms with Crippen LogP contribution in [0.15, 0.2) is 24.3 Å². The van der Waals surface area contributed by atoms with Gasteiger partial charge in [0.2, 0.25) is 5.91 Å². The number of aryl methyl sites for hydroxylation is 1. The van der Waals surface area contributed by atoms with Crippen molar-refractivity contribution in [3.63, 3.8) is 0 Å². The summed E-state index contributed by atoms with van der Waals surface area (Å²) in [6, 6.07) is 8.00. The predicted octanol–water partition coefficient (Wildman–Crippen LogP) is 2.59. The normalized spacial score (nSPS) is 11.3. The molecule has 1 aromatic heterocycles. The Morgan fingerprint density at radius 3 is 2.56 bits per heavy atom. The molecule has 7 nitrogen and oxygen atoms in total. The smallest absolute Gasteiger partial charge is 0.217 e. The lowest BCUT2D eigenvalue weighted by Gasteiger charge is -2.16. The number of aromatic nitrogens is 3. The molecule has 0 radical (unpaired) electrons. The van der Waals surface area contributed by atoms with Gasteiger partial charge in [-0.05, 0) is 42.9 Å². The van der Waals surface area contributed by atoms with Gasteiger partial charge in [-0.3, -0.25) is 9.69 Å². The van der Waals surface area contributed by atoms with E-state index in [1.807, 2.05) is 40.6 Å². The van der Waals surface area contributed by atoms with Crippen LogP contribution in [0.25, 0.3) is 0 Å². The van der Waals surface area contributed by atoms with Crippen molar-refractivity contribution < 1.29 is 9.53 Å². The van der Waals surface area contributed by atoms with Crippen molar-refractivity contribution in [2.24, 2.45) is 11.7 Å². The zero-order valence-electron chi connectivity index (χ0n) is 16.5. The minimum atomic E-state index is -0.330. The van der Waals surface area contributed by atoms with Gasteiger partial charge in [0.15, 0.2) is 4.77 Å². The zero-order valence-corrected chi connectivity index (χ0v) is 17.3. The van der Waals surface area contributed by atoms with Gasteiger partial charge in [0, 0.05) is 25.9 Å². The van der Waals surface area contributed by atoms with Gasteiger partial charge in [0.05, 0.1) is 13.8 Å². The average molecular weight is 392 g/mol. The number of hydrogen-bond acceptors (Lipinski definition) is 5. The molecule has 8 heteroatoms. The van der Waals surface area contributed by atoms with E-state index in [1.54, 1.807) is 7.11 Å². The summed E-state index contributed by atoms with van der Waals surface area (Å²) in [6.07, 6.45) is 0.770. The minimum Gasteiger partial charge on any atom is -0.497 e. The summed E-state index contributed by atoms with van der Waals surface area (Å²) in [5.74, 6) is 1.75. The maximum atomic E-state index is 11.2. The molecule has 0 unspecified atom stereocenters. The van der Waals surface area contributed by atoms with E-state index >= 15 is 0 Å². The molecule has 0 atom stereocenters. The second kappa shape index (κ2) is 9.66. The number of amides is 1. The number of carbonyl (C=O) groups excluding carboxylic acids is 1. The van der Waals surface area contributed by atoms with Crippen molar-refractivity contribution in [1.82, 2.24) is 19.2 Å². The highest BCUT2D eigenvalue weighted by Gasteiger charge is 2.14. The highest BCUT2D eigenvalue weighted by atomic mass is 32.1. The van der Waals surface area contributed by atoms with Crippen molar-refractivity contribution in [1.29, 1.82) is 0 Å². The van der Waals surface area contributed by atoms with E-state index in [0.717, 1.165) is 24.7 Å². The monoisotopic (exact) mass is 391 g/mol. The maximum absolute atomic E-state index is 11.2. The van der Waals surface area contributed by atoms with Crippen LogP contribution in [0.1, 0.15) is 31.7 Å². The lowest BCUT2D eigenvalue weighted by Crippen LogP contribution is -2.22. The quantitative estimate of drug-likeness (QED) is 0.630. The topological polar surface area (TPSA) is 78.3 Å². The Morgan fingerprint density at radius 1 is 1.33 bits per heavy atom. The van der Waals surface area contributed by atoms with E-state index < -0.39 is 0 Å². The van der Waals surface area contributed by atoms with Crippen molar-refractivity contribution in [3.8, 4) is 5.75 Å². The molecule has 1 heterocycles. The third-order valence-electron chi connectivity index (χ3n) is 4.13. The Hall–Kier alpha value is -2.19. The third kappa shape index (κ3) is 6.18. The van der Waals surface area contributed by atoms with Crippen molar-refractivity contribution in [2.75, 3.05) is 14.2 Å². The van der Waals surface area contributed by atoms with Crippen LogP contribution in [-0.4, -0.2) is 39.3 Å². The van der Waals surface area contributed by atoms with Crippen molar-refractivity contribution in [3.05, 3.63) is 40.4 Å². The lowest BCUT2D eigenvalue weighted by atomic mass is 10.2. The van der Waals surface area contributed by atoms with Gasteiger partial charge in [-0.1, -0.05) is 26.0 Å². The summed E-state index contributed by atoms with van der Waals surface area (Å²) in [7, 11) is 3.68. The number of methoxy groups -OCH3 is 1.